The fraction of sp³-hybridized carbons (Fsp3) is 0.200. The fourth-order valence-corrected chi connectivity index (χ4v) is 2.84. The van der Waals surface area contributed by atoms with Gasteiger partial charge in [0.25, 0.3) is 5.91 Å². The van der Waals surface area contributed by atoms with Gasteiger partial charge in [0.1, 0.15) is 11.5 Å². The molecule has 1 aliphatic rings. The first-order valence-electron chi connectivity index (χ1n) is 9.03. The van der Waals surface area contributed by atoms with E-state index in [1.807, 2.05) is 0 Å². The van der Waals surface area contributed by atoms with Gasteiger partial charge in [0.2, 0.25) is 0 Å². The molecule has 1 atom stereocenters. The molecule has 0 spiro atoms. The molecule has 0 bridgehead atoms. The van der Waals surface area contributed by atoms with Gasteiger partial charge in [0, 0.05) is 12.1 Å². The summed E-state index contributed by atoms with van der Waals surface area (Å²) in [5.41, 5.74) is 6.79. The summed E-state index contributed by atoms with van der Waals surface area (Å²) in [5.74, 6) is -2.08. The molecule has 0 aromatic heterocycles. The van der Waals surface area contributed by atoms with E-state index in [0.29, 0.717) is 17.0 Å². The van der Waals surface area contributed by atoms with Crippen molar-refractivity contribution >= 4 is 17.6 Å². The number of benzene rings is 2. The van der Waals surface area contributed by atoms with Gasteiger partial charge in [-0.05, 0) is 30.3 Å². The second-order valence-corrected chi connectivity index (χ2v) is 6.39. The predicted octanol–water partition coefficient (Wildman–Crippen LogP) is 2.30. The number of ether oxygens (including phenoxy) is 2. The zero-order valence-corrected chi connectivity index (χ0v) is 15.9. The summed E-state index contributed by atoms with van der Waals surface area (Å²) in [7, 11) is 0. The number of carboxylic acids is 1. The van der Waals surface area contributed by atoms with Crippen LogP contribution in [-0.4, -0.2) is 42.5 Å². The second-order valence-electron chi connectivity index (χ2n) is 6.39. The van der Waals surface area contributed by atoms with Crippen molar-refractivity contribution in [2.75, 3.05) is 13.2 Å². The van der Waals surface area contributed by atoms with E-state index in [1.165, 1.54) is 18.2 Å². The van der Waals surface area contributed by atoms with Crippen LogP contribution in [0, 0.1) is 0 Å². The molecule has 0 saturated heterocycles. The van der Waals surface area contributed by atoms with E-state index in [9.17, 15) is 22.8 Å². The van der Waals surface area contributed by atoms with Gasteiger partial charge in [-0.15, -0.1) is 13.2 Å². The van der Waals surface area contributed by atoms with Crippen molar-refractivity contribution < 1.29 is 37.3 Å². The molecule has 0 aliphatic carbocycles. The molecule has 164 valence electrons. The summed E-state index contributed by atoms with van der Waals surface area (Å²) < 4.78 is 46.8. The lowest BCUT2D eigenvalue weighted by atomic mass is 10.1. The summed E-state index contributed by atoms with van der Waals surface area (Å²) in [6, 6.07) is 11.5. The molecule has 1 amide bonds. The third kappa shape index (κ3) is 6.12. The Labute approximate surface area is 174 Å². The lowest BCUT2D eigenvalue weighted by Crippen LogP contribution is -2.41. The van der Waals surface area contributed by atoms with Crippen LogP contribution >= 0.6 is 0 Å². The number of halogens is 3. The predicted molar refractivity (Wildman–Crippen MR) is 103 cm³/mol. The van der Waals surface area contributed by atoms with Gasteiger partial charge in [-0.2, -0.15) is 0 Å². The summed E-state index contributed by atoms with van der Waals surface area (Å²) in [4.78, 5) is 23.1. The molecule has 3 rings (SSSR count). The van der Waals surface area contributed by atoms with Crippen LogP contribution in [0.2, 0.25) is 0 Å². The first-order valence-corrected chi connectivity index (χ1v) is 9.03. The van der Waals surface area contributed by atoms with Gasteiger partial charge in [-0.3, -0.25) is 4.79 Å². The summed E-state index contributed by atoms with van der Waals surface area (Å²) in [6.45, 7) is -0.440. The third-order valence-electron chi connectivity index (χ3n) is 4.13. The zero-order valence-electron chi connectivity index (χ0n) is 15.9. The van der Waals surface area contributed by atoms with E-state index in [2.05, 4.69) is 20.9 Å². The number of nitrogens with one attached hydrogen (secondary N) is 3. The van der Waals surface area contributed by atoms with Crippen molar-refractivity contribution in [1.82, 2.24) is 16.2 Å². The molecule has 31 heavy (non-hydrogen) atoms. The Morgan fingerprint density at radius 3 is 2.45 bits per heavy atom. The molecule has 0 radical (unpaired) electrons. The highest BCUT2D eigenvalue weighted by Gasteiger charge is 2.33. The Morgan fingerprint density at radius 2 is 1.74 bits per heavy atom. The molecule has 1 aliphatic heterocycles. The highest BCUT2D eigenvalue weighted by Crippen LogP contribution is 2.27. The smallest absolute Gasteiger partial charge is 0.481 e. The number of aliphatic carboxylic acids is 1. The van der Waals surface area contributed by atoms with E-state index in [4.69, 9.17) is 9.84 Å². The average Bonchev–Trinajstić information content (AvgIpc) is 3.19. The van der Waals surface area contributed by atoms with Gasteiger partial charge in [0.15, 0.2) is 6.61 Å². The quantitative estimate of drug-likeness (QED) is 0.502. The second kappa shape index (κ2) is 9.39. The van der Waals surface area contributed by atoms with Crippen molar-refractivity contribution in [3.63, 3.8) is 0 Å². The first-order chi connectivity index (χ1) is 14.7. The molecule has 11 heteroatoms. The number of amides is 1. The number of carbonyl (C=O) groups is 2. The van der Waals surface area contributed by atoms with Gasteiger partial charge in [-0.25, -0.2) is 10.2 Å². The summed E-state index contributed by atoms with van der Waals surface area (Å²) in [5, 5.41) is 11.3. The van der Waals surface area contributed by atoms with Crippen LogP contribution in [0.15, 0.2) is 54.6 Å². The Morgan fingerprint density at radius 1 is 1.06 bits per heavy atom. The van der Waals surface area contributed by atoms with Crippen LogP contribution in [0.5, 0.6) is 11.5 Å². The zero-order chi connectivity index (χ0) is 22.4. The average molecular weight is 437 g/mol. The molecule has 2 aromatic rings. The number of para-hydroxylation sites is 2. The maximum Gasteiger partial charge on any atom is 0.573 e. The van der Waals surface area contributed by atoms with Gasteiger partial charge < -0.3 is 25.3 Å². The number of carbonyl (C=O) groups excluding carboxylic acids is 1. The maximum absolute atomic E-state index is 12.5. The maximum atomic E-state index is 12.5. The molecule has 1 unspecified atom stereocenters. The molecule has 0 saturated carbocycles. The van der Waals surface area contributed by atoms with Crippen LogP contribution < -0.4 is 25.6 Å². The number of alkyl halides is 3. The van der Waals surface area contributed by atoms with Crippen molar-refractivity contribution in [3.8, 4) is 11.5 Å². The summed E-state index contributed by atoms with van der Waals surface area (Å²) in [6.07, 6.45) is -3.18. The molecule has 4 N–H and O–H groups in total. The van der Waals surface area contributed by atoms with Crippen molar-refractivity contribution in [1.29, 1.82) is 0 Å². The van der Waals surface area contributed by atoms with E-state index in [-0.39, 0.29) is 18.2 Å². The summed E-state index contributed by atoms with van der Waals surface area (Å²) >= 11 is 0. The van der Waals surface area contributed by atoms with Crippen LogP contribution in [-0.2, 0) is 4.79 Å². The van der Waals surface area contributed by atoms with E-state index >= 15 is 0 Å². The van der Waals surface area contributed by atoms with Crippen molar-refractivity contribution in [3.05, 3.63) is 65.7 Å². The number of rotatable bonds is 8. The van der Waals surface area contributed by atoms with E-state index in [1.54, 1.807) is 30.3 Å². The molecule has 1 heterocycles. The Hall–Kier alpha value is -3.73. The van der Waals surface area contributed by atoms with Gasteiger partial charge in [0.05, 0.1) is 17.3 Å². The van der Waals surface area contributed by atoms with Crippen LogP contribution in [0.3, 0.4) is 0 Å². The topological polar surface area (TPSA) is 109 Å². The molecule has 2 aromatic carbocycles. The Balaban J connectivity index is 1.65. The van der Waals surface area contributed by atoms with Crippen molar-refractivity contribution in [2.24, 2.45) is 0 Å². The SMILES string of the molecule is O=C(O)COc1ccccc1C1=CC(CNC(=O)c2ccccc2OC(F)(F)F)NN1. The minimum atomic E-state index is -4.92. The lowest BCUT2D eigenvalue weighted by Gasteiger charge is -2.14. The van der Waals surface area contributed by atoms with E-state index < -0.39 is 30.6 Å². The van der Waals surface area contributed by atoms with E-state index in [0.717, 1.165) is 6.07 Å². The number of hydrogen-bond donors (Lipinski definition) is 4. The van der Waals surface area contributed by atoms with Crippen LogP contribution in [0.4, 0.5) is 13.2 Å². The number of hydrazine groups is 1. The molecule has 8 nitrogen and oxygen atoms in total. The van der Waals surface area contributed by atoms with Gasteiger partial charge in [-0.1, -0.05) is 24.3 Å². The lowest BCUT2D eigenvalue weighted by molar-refractivity contribution is -0.274. The normalized spacial score (nSPS) is 15.6. The minimum Gasteiger partial charge on any atom is -0.481 e. The molecular formula is C20H18F3N3O5. The monoisotopic (exact) mass is 437 g/mol. The van der Waals surface area contributed by atoms with Crippen LogP contribution in [0.1, 0.15) is 15.9 Å². The molecular weight excluding hydrogens is 419 g/mol. The number of hydrogen-bond acceptors (Lipinski definition) is 6. The first kappa shape index (κ1) is 22.0. The van der Waals surface area contributed by atoms with Crippen LogP contribution in [0.25, 0.3) is 5.70 Å². The minimum absolute atomic E-state index is 0.0633. The largest absolute Gasteiger partial charge is 0.573 e. The fourth-order valence-electron chi connectivity index (χ4n) is 2.84. The third-order valence-corrected chi connectivity index (χ3v) is 4.13. The Kier molecular flexibility index (Phi) is 6.65. The number of carboxylic acid groups (broad SMARTS) is 1. The highest BCUT2D eigenvalue weighted by atomic mass is 19.4. The highest BCUT2D eigenvalue weighted by molar-refractivity contribution is 5.97. The standard InChI is InChI=1S/C20H18F3N3O5/c21-20(22,23)31-17-8-4-2-6-14(17)19(29)24-10-12-9-15(26-25-12)13-5-1-3-7-16(13)30-11-18(27)28/h1-9,12,25-26H,10-11H2,(H,24,29)(H,27,28). The van der Waals surface area contributed by atoms with Crippen molar-refractivity contribution in [2.45, 2.75) is 12.4 Å². The van der Waals surface area contributed by atoms with Gasteiger partial charge >= 0.3 is 12.3 Å². The molecule has 0 fully saturated rings. The Bertz CT molecular complexity index is 994.